The highest BCUT2D eigenvalue weighted by Crippen LogP contribution is 2.22. The van der Waals surface area contributed by atoms with E-state index >= 15 is 0 Å². The van der Waals surface area contributed by atoms with Crippen LogP contribution in [0.4, 0.5) is 11.6 Å². The van der Waals surface area contributed by atoms with Crippen molar-refractivity contribution in [2.45, 2.75) is 45.6 Å². The van der Waals surface area contributed by atoms with E-state index in [1.54, 1.807) is 25.5 Å². The second kappa shape index (κ2) is 10.4. The lowest BCUT2D eigenvalue weighted by Crippen LogP contribution is -2.38. The van der Waals surface area contributed by atoms with Gasteiger partial charge in [0.2, 0.25) is 5.91 Å². The highest BCUT2D eigenvalue weighted by Gasteiger charge is 2.19. The third-order valence-electron chi connectivity index (χ3n) is 5.98. The molecule has 1 amide bonds. The number of nitrogens with zero attached hydrogens (tertiary/aromatic N) is 6. The number of amides is 1. The Bertz CT molecular complexity index is 1230. The molecule has 1 aliphatic rings. The van der Waals surface area contributed by atoms with Gasteiger partial charge in [0.05, 0.1) is 23.3 Å². The highest BCUT2D eigenvalue weighted by molar-refractivity contribution is 6.10. The maximum absolute atomic E-state index is 11.5. The quantitative estimate of drug-likeness (QED) is 0.540. The molecule has 9 nitrogen and oxygen atoms in total. The van der Waals surface area contributed by atoms with Crippen LogP contribution in [0.25, 0.3) is 16.6 Å². The number of hydrogen-bond donors (Lipinski definition) is 2. The van der Waals surface area contributed by atoms with E-state index in [4.69, 9.17) is 15.7 Å². The van der Waals surface area contributed by atoms with Gasteiger partial charge in [0.1, 0.15) is 5.82 Å². The maximum atomic E-state index is 11.5. The second-order valence-corrected chi connectivity index (χ2v) is 8.75. The molecule has 34 heavy (non-hydrogen) atoms. The lowest BCUT2D eigenvalue weighted by Gasteiger charge is -2.29. The molecule has 0 spiro atoms. The number of fused-ring (bicyclic) bond motifs is 1. The Hall–Kier alpha value is -3.88. The van der Waals surface area contributed by atoms with E-state index < -0.39 is 0 Å². The van der Waals surface area contributed by atoms with Crippen molar-refractivity contribution in [3.8, 4) is 0 Å². The molecule has 176 valence electrons. The number of carbonyl (C=O) groups excluding carboxylic acids is 1. The minimum atomic E-state index is 0.119. The van der Waals surface area contributed by atoms with Gasteiger partial charge < -0.3 is 16.0 Å². The standard InChI is InChI=1S/C25H30N8O/c1-16(2)18-11-25(32-29-15-18)31-24-5-4-22-23(30-24)10-19(13-28-22)20(12-26)14-27-21-6-8-33(9-7-21)17(3)34/h4-5,10-16,21H,6-9,26H2,1-3H3,(H,30,31,32). The van der Waals surface area contributed by atoms with Gasteiger partial charge in [0.15, 0.2) is 5.82 Å². The zero-order valence-corrected chi connectivity index (χ0v) is 19.8. The Kier molecular flexibility index (Phi) is 7.10. The monoisotopic (exact) mass is 458 g/mol. The Morgan fingerprint density at radius 2 is 1.97 bits per heavy atom. The fourth-order valence-corrected chi connectivity index (χ4v) is 3.85. The molecule has 1 fully saturated rings. The number of likely N-dealkylation sites (tertiary alicyclic amines) is 1. The van der Waals surface area contributed by atoms with Crippen molar-refractivity contribution in [3.63, 3.8) is 0 Å². The first-order chi connectivity index (χ1) is 16.4. The Morgan fingerprint density at radius 1 is 1.18 bits per heavy atom. The largest absolute Gasteiger partial charge is 0.404 e. The molecule has 0 bridgehead atoms. The van der Waals surface area contributed by atoms with E-state index in [0.29, 0.717) is 17.6 Å². The normalized spacial score (nSPS) is 15.4. The van der Waals surface area contributed by atoms with Crippen LogP contribution in [0.5, 0.6) is 0 Å². The first-order valence-electron chi connectivity index (χ1n) is 11.5. The summed E-state index contributed by atoms with van der Waals surface area (Å²) in [5.74, 6) is 1.78. The number of carbonyl (C=O) groups is 1. The molecular formula is C25H30N8O. The summed E-state index contributed by atoms with van der Waals surface area (Å²) in [4.78, 5) is 27.3. The molecule has 0 radical (unpaired) electrons. The van der Waals surface area contributed by atoms with Gasteiger partial charge in [-0.3, -0.25) is 14.8 Å². The van der Waals surface area contributed by atoms with Crippen LogP contribution in [-0.2, 0) is 4.79 Å². The van der Waals surface area contributed by atoms with Crippen LogP contribution in [0.2, 0.25) is 0 Å². The lowest BCUT2D eigenvalue weighted by atomic mass is 10.1. The number of rotatable bonds is 6. The predicted octanol–water partition coefficient (Wildman–Crippen LogP) is 3.67. The summed E-state index contributed by atoms with van der Waals surface area (Å²) >= 11 is 0. The third kappa shape index (κ3) is 5.54. The Labute approximate surface area is 199 Å². The first-order valence-corrected chi connectivity index (χ1v) is 11.5. The fourth-order valence-electron chi connectivity index (χ4n) is 3.85. The lowest BCUT2D eigenvalue weighted by molar-refractivity contribution is -0.129. The van der Waals surface area contributed by atoms with Crippen LogP contribution in [0.1, 0.15) is 50.7 Å². The zero-order valence-electron chi connectivity index (χ0n) is 19.8. The van der Waals surface area contributed by atoms with E-state index in [1.165, 1.54) is 6.20 Å². The van der Waals surface area contributed by atoms with Gasteiger partial charge in [-0.15, -0.1) is 5.10 Å². The number of nitrogens with one attached hydrogen (secondary N) is 1. The van der Waals surface area contributed by atoms with Crippen molar-refractivity contribution >= 4 is 40.4 Å². The van der Waals surface area contributed by atoms with Gasteiger partial charge in [0, 0.05) is 49.8 Å². The number of pyridine rings is 2. The van der Waals surface area contributed by atoms with Gasteiger partial charge in [-0.05, 0) is 48.6 Å². The van der Waals surface area contributed by atoms with Crippen molar-refractivity contribution in [2.75, 3.05) is 18.4 Å². The van der Waals surface area contributed by atoms with Crippen LogP contribution in [0, 0.1) is 0 Å². The number of hydrogen-bond acceptors (Lipinski definition) is 8. The van der Waals surface area contributed by atoms with Crippen LogP contribution < -0.4 is 11.1 Å². The fraction of sp³-hybridized carbons (Fsp3) is 0.360. The molecule has 9 heteroatoms. The average Bonchev–Trinajstić information content (AvgIpc) is 2.84. The van der Waals surface area contributed by atoms with Crippen LogP contribution in [0.15, 0.2) is 47.9 Å². The summed E-state index contributed by atoms with van der Waals surface area (Å²) in [7, 11) is 0. The SMILES string of the molecule is CC(=O)N1CCC(N=CC(=CN)c2cnc3ccc(Nc4cc(C(C)C)cnn4)nc3c2)CC1. The van der Waals surface area contributed by atoms with Gasteiger partial charge in [0.25, 0.3) is 0 Å². The van der Waals surface area contributed by atoms with Crippen molar-refractivity contribution in [1.82, 2.24) is 25.1 Å². The van der Waals surface area contributed by atoms with E-state index in [-0.39, 0.29) is 11.9 Å². The molecule has 3 N–H and O–H groups in total. The molecule has 1 aliphatic heterocycles. The molecule has 3 aromatic heterocycles. The second-order valence-electron chi connectivity index (χ2n) is 8.75. The average molecular weight is 459 g/mol. The van der Waals surface area contributed by atoms with E-state index in [2.05, 4.69) is 34.3 Å². The van der Waals surface area contributed by atoms with Crippen LogP contribution in [-0.4, -0.2) is 56.3 Å². The number of aromatic nitrogens is 4. The van der Waals surface area contributed by atoms with E-state index in [1.807, 2.05) is 29.2 Å². The van der Waals surface area contributed by atoms with E-state index in [9.17, 15) is 4.79 Å². The van der Waals surface area contributed by atoms with Crippen LogP contribution in [0.3, 0.4) is 0 Å². The van der Waals surface area contributed by atoms with Crippen molar-refractivity contribution in [2.24, 2.45) is 10.7 Å². The molecule has 0 atom stereocenters. The van der Waals surface area contributed by atoms with Gasteiger partial charge in [-0.2, -0.15) is 5.10 Å². The molecule has 0 saturated carbocycles. The summed E-state index contributed by atoms with van der Waals surface area (Å²) in [5, 5.41) is 11.5. The highest BCUT2D eigenvalue weighted by atomic mass is 16.2. The molecule has 3 aromatic rings. The molecule has 4 heterocycles. The number of anilines is 2. The van der Waals surface area contributed by atoms with Gasteiger partial charge >= 0.3 is 0 Å². The Balaban J connectivity index is 1.50. The van der Waals surface area contributed by atoms with Gasteiger partial charge in [-0.1, -0.05) is 13.8 Å². The smallest absolute Gasteiger partial charge is 0.219 e. The Morgan fingerprint density at radius 3 is 2.68 bits per heavy atom. The van der Waals surface area contributed by atoms with Crippen LogP contribution >= 0.6 is 0 Å². The molecule has 4 rings (SSSR count). The third-order valence-corrected chi connectivity index (χ3v) is 5.98. The molecule has 0 aromatic carbocycles. The van der Waals surface area contributed by atoms with Crippen molar-refractivity contribution < 1.29 is 4.79 Å². The molecule has 1 saturated heterocycles. The first kappa shape index (κ1) is 23.3. The van der Waals surface area contributed by atoms with E-state index in [0.717, 1.165) is 53.7 Å². The number of piperidine rings is 1. The topological polar surface area (TPSA) is 122 Å². The summed E-state index contributed by atoms with van der Waals surface area (Å²) in [6.07, 6.45) is 8.58. The molecule has 0 aliphatic carbocycles. The zero-order chi connectivity index (χ0) is 24.1. The molecule has 0 unspecified atom stereocenters. The maximum Gasteiger partial charge on any atom is 0.219 e. The van der Waals surface area contributed by atoms with Gasteiger partial charge in [-0.25, -0.2) is 4.98 Å². The summed E-state index contributed by atoms with van der Waals surface area (Å²) in [6, 6.07) is 7.89. The summed E-state index contributed by atoms with van der Waals surface area (Å²) in [5.41, 5.74) is 10.1. The number of nitrogens with two attached hydrogens (primary N) is 1. The predicted molar refractivity (Wildman–Crippen MR) is 135 cm³/mol. The minimum Gasteiger partial charge on any atom is -0.404 e. The van der Waals surface area contributed by atoms with Crippen molar-refractivity contribution in [1.29, 1.82) is 0 Å². The molecular weight excluding hydrogens is 428 g/mol. The van der Waals surface area contributed by atoms with Crippen molar-refractivity contribution in [3.05, 3.63) is 54.0 Å². The minimum absolute atomic E-state index is 0.119. The summed E-state index contributed by atoms with van der Waals surface area (Å²) in [6.45, 7) is 7.31. The number of allylic oxidation sites excluding steroid dienone is 1. The number of aliphatic imine (C=N–C) groups is 1. The summed E-state index contributed by atoms with van der Waals surface area (Å²) < 4.78 is 0.